The lowest BCUT2D eigenvalue weighted by atomic mass is 9.86. The maximum atomic E-state index is 12.5. The van der Waals surface area contributed by atoms with Crippen molar-refractivity contribution >= 4 is 11.7 Å². The molecule has 1 N–H and O–H groups in total. The van der Waals surface area contributed by atoms with Crippen molar-refractivity contribution in [2.75, 3.05) is 12.4 Å². The summed E-state index contributed by atoms with van der Waals surface area (Å²) in [6, 6.07) is 11.4. The summed E-state index contributed by atoms with van der Waals surface area (Å²) < 4.78 is 12.4. The Bertz CT molecular complexity index is 1030. The number of fused-ring (bicyclic) bond motifs is 1. The lowest BCUT2D eigenvalue weighted by molar-refractivity contribution is -0.116. The largest absolute Gasteiger partial charge is 0.491 e. The monoisotopic (exact) mass is 393 g/mol. The second-order valence-electron chi connectivity index (χ2n) is 7.23. The molecule has 0 saturated heterocycles. The standard InChI is InChI=1S/C21H23N5O3/c1-12(2)29-15-7-5-14(6-8-15)16-11-18(27)22-21-20(16)13(3)25-26(21)17-9-10-19(28-4)24-23-17/h5-10,12,16H,11H2,1-4H3,(H,22,27)/t16-/m1/s1. The lowest BCUT2D eigenvalue weighted by Gasteiger charge is -2.24. The number of aromatic nitrogens is 4. The van der Waals surface area contributed by atoms with Gasteiger partial charge in [0.1, 0.15) is 11.6 Å². The molecule has 150 valence electrons. The summed E-state index contributed by atoms with van der Waals surface area (Å²) in [4.78, 5) is 12.5. The first-order chi connectivity index (χ1) is 14.0. The number of carbonyl (C=O) groups excluding carboxylic acids is 1. The van der Waals surface area contributed by atoms with Crippen molar-refractivity contribution in [1.29, 1.82) is 0 Å². The van der Waals surface area contributed by atoms with Crippen LogP contribution in [0.15, 0.2) is 36.4 Å². The summed E-state index contributed by atoms with van der Waals surface area (Å²) in [5, 5.41) is 15.7. The number of rotatable bonds is 5. The smallest absolute Gasteiger partial charge is 0.233 e. The predicted octanol–water partition coefficient (Wildman–Crippen LogP) is 3.24. The van der Waals surface area contributed by atoms with E-state index in [4.69, 9.17) is 9.47 Å². The van der Waals surface area contributed by atoms with Gasteiger partial charge in [-0.2, -0.15) is 9.78 Å². The number of hydrogen-bond donors (Lipinski definition) is 1. The number of amides is 1. The van der Waals surface area contributed by atoms with Crippen molar-refractivity contribution in [2.45, 2.75) is 39.2 Å². The van der Waals surface area contributed by atoms with E-state index in [0.29, 0.717) is 23.9 Å². The number of anilines is 1. The van der Waals surface area contributed by atoms with Gasteiger partial charge >= 0.3 is 0 Å². The third-order valence-corrected chi connectivity index (χ3v) is 4.81. The highest BCUT2D eigenvalue weighted by molar-refractivity contribution is 5.95. The fraction of sp³-hybridized carbons (Fsp3) is 0.333. The van der Waals surface area contributed by atoms with Gasteiger partial charge in [-0.3, -0.25) is 4.79 Å². The predicted molar refractivity (Wildman–Crippen MR) is 108 cm³/mol. The Morgan fingerprint density at radius 3 is 2.52 bits per heavy atom. The molecule has 3 aromatic rings. The molecule has 1 atom stereocenters. The molecule has 1 aromatic carbocycles. The molecule has 1 aliphatic heterocycles. The minimum absolute atomic E-state index is 0.0624. The van der Waals surface area contributed by atoms with Gasteiger partial charge in [0.15, 0.2) is 5.82 Å². The molecule has 0 aliphatic carbocycles. The van der Waals surface area contributed by atoms with E-state index >= 15 is 0 Å². The van der Waals surface area contributed by atoms with Crippen molar-refractivity contribution in [3.8, 4) is 17.4 Å². The topological polar surface area (TPSA) is 91.2 Å². The Labute approximate surface area is 168 Å². The first-order valence-corrected chi connectivity index (χ1v) is 9.50. The van der Waals surface area contributed by atoms with Crippen molar-refractivity contribution < 1.29 is 14.3 Å². The zero-order chi connectivity index (χ0) is 20.5. The Kier molecular flexibility index (Phi) is 4.92. The van der Waals surface area contributed by atoms with Crippen LogP contribution in [0.3, 0.4) is 0 Å². The Morgan fingerprint density at radius 1 is 1.14 bits per heavy atom. The molecular formula is C21H23N5O3. The summed E-state index contributed by atoms with van der Waals surface area (Å²) in [7, 11) is 1.53. The van der Waals surface area contributed by atoms with Gasteiger partial charge in [-0.25, -0.2) is 0 Å². The fourth-order valence-corrected chi connectivity index (χ4v) is 3.58. The number of ether oxygens (including phenoxy) is 2. The number of nitrogens with one attached hydrogen (secondary N) is 1. The molecule has 0 unspecified atom stereocenters. The third-order valence-electron chi connectivity index (χ3n) is 4.81. The highest BCUT2D eigenvalue weighted by Crippen LogP contribution is 2.40. The number of hydrogen-bond acceptors (Lipinski definition) is 6. The average Bonchev–Trinajstić information content (AvgIpc) is 3.04. The molecule has 3 heterocycles. The second-order valence-corrected chi connectivity index (χ2v) is 7.23. The van der Waals surface area contributed by atoms with Crippen molar-refractivity contribution in [3.05, 3.63) is 53.2 Å². The Hall–Kier alpha value is -3.42. The van der Waals surface area contributed by atoms with Crippen LogP contribution in [0.4, 0.5) is 5.82 Å². The number of methoxy groups -OCH3 is 1. The van der Waals surface area contributed by atoms with Crippen LogP contribution >= 0.6 is 0 Å². The van der Waals surface area contributed by atoms with Crippen LogP contribution in [0.1, 0.15) is 43.0 Å². The van der Waals surface area contributed by atoms with Crippen LogP contribution in [0.5, 0.6) is 11.6 Å². The molecule has 8 nitrogen and oxygen atoms in total. The molecule has 0 fully saturated rings. The third kappa shape index (κ3) is 3.65. The minimum atomic E-state index is -0.0909. The van der Waals surface area contributed by atoms with Crippen LogP contribution in [0.25, 0.3) is 5.82 Å². The van der Waals surface area contributed by atoms with Gasteiger partial charge in [0.05, 0.1) is 18.9 Å². The maximum Gasteiger partial charge on any atom is 0.233 e. The summed E-state index contributed by atoms with van der Waals surface area (Å²) in [6.45, 7) is 5.92. The van der Waals surface area contributed by atoms with Crippen LogP contribution in [-0.2, 0) is 4.79 Å². The first kappa shape index (κ1) is 18.9. The van der Waals surface area contributed by atoms with Gasteiger partial charge in [0.25, 0.3) is 0 Å². The molecule has 8 heteroatoms. The van der Waals surface area contributed by atoms with Crippen molar-refractivity contribution in [1.82, 2.24) is 20.0 Å². The van der Waals surface area contributed by atoms with Crippen LogP contribution < -0.4 is 14.8 Å². The minimum Gasteiger partial charge on any atom is -0.491 e. The SMILES string of the molecule is COc1ccc(-n2nc(C)c3c2NC(=O)C[C@@H]3c2ccc(OC(C)C)cc2)nn1. The fourth-order valence-electron chi connectivity index (χ4n) is 3.58. The van der Waals surface area contributed by atoms with Crippen LogP contribution in [0, 0.1) is 6.92 Å². The normalized spacial score (nSPS) is 15.8. The zero-order valence-corrected chi connectivity index (χ0v) is 16.8. The van der Waals surface area contributed by atoms with Crippen molar-refractivity contribution in [2.24, 2.45) is 0 Å². The number of benzene rings is 1. The molecule has 29 heavy (non-hydrogen) atoms. The van der Waals surface area contributed by atoms with Gasteiger partial charge in [0.2, 0.25) is 11.8 Å². The van der Waals surface area contributed by atoms with Gasteiger partial charge < -0.3 is 14.8 Å². The molecule has 0 bridgehead atoms. The van der Waals surface area contributed by atoms with E-state index in [1.807, 2.05) is 45.0 Å². The van der Waals surface area contributed by atoms with E-state index in [0.717, 1.165) is 22.6 Å². The van der Waals surface area contributed by atoms with Crippen LogP contribution in [-0.4, -0.2) is 39.1 Å². The summed E-state index contributed by atoms with van der Waals surface area (Å²) in [5.74, 6) is 2.21. The molecular weight excluding hydrogens is 370 g/mol. The first-order valence-electron chi connectivity index (χ1n) is 9.50. The number of carbonyl (C=O) groups is 1. The Morgan fingerprint density at radius 2 is 1.90 bits per heavy atom. The van der Waals surface area contributed by atoms with Gasteiger partial charge in [0, 0.05) is 24.0 Å². The molecule has 0 spiro atoms. The summed E-state index contributed by atoms with van der Waals surface area (Å²) in [6.07, 6.45) is 0.470. The van der Waals surface area contributed by atoms with E-state index in [2.05, 4.69) is 20.6 Å². The van der Waals surface area contributed by atoms with E-state index in [1.54, 1.807) is 16.8 Å². The van der Waals surface area contributed by atoms with Crippen molar-refractivity contribution in [3.63, 3.8) is 0 Å². The Balaban J connectivity index is 1.73. The number of aryl methyl sites for hydroxylation is 1. The molecule has 0 saturated carbocycles. The molecule has 0 radical (unpaired) electrons. The maximum absolute atomic E-state index is 12.5. The van der Waals surface area contributed by atoms with E-state index in [1.165, 1.54) is 7.11 Å². The van der Waals surface area contributed by atoms with E-state index < -0.39 is 0 Å². The zero-order valence-electron chi connectivity index (χ0n) is 16.8. The molecule has 1 aliphatic rings. The lowest BCUT2D eigenvalue weighted by Crippen LogP contribution is -2.25. The molecule has 4 rings (SSSR count). The number of nitrogens with zero attached hydrogens (tertiary/aromatic N) is 4. The van der Waals surface area contributed by atoms with Gasteiger partial charge in [-0.1, -0.05) is 12.1 Å². The average molecular weight is 393 g/mol. The second kappa shape index (κ2) is 7.54. The van der Waals surface area contributed by atoms with E-state index in [9.17, 15) is 4.79 Å². The quantitative estimate of drug-likeness (QED) is 0.716. The highest BCUT2D eigenvalue weighted by Gasteiger charge is 2.33. The summed E-state index contributed by atoms with van der Waals surface area (Å²) >= 11 is 0. The molecule has 1 amide bonds. The van der Waals surface area contributed by atoms with Gasteiger partial charge in [-0.15, -0.1) is 10.2 Å². The highest BCUT2D eigenvalue weighted by atomic mass is 16.5. The molecule has 2 aromatic heterocycles. The van der Waals surface area contributed by atoms with Gasteiger partial charge in [-0.05, 0) is 44.5 Å². The van der Waals surface area contributed by atoms with Crippen LogP contribution in [0.2, 0.25) is 0 Å². The van der Waals surface area contributed by atoms with E-state index in [-0.39, 0.29) is 17.9 Å². The summed E-state index contributed by atoms with van der Waals surface area (Å²) in [5.41, 5.74) is 2.87.